The monoisotopic (exact) mass is 405 g/mol. The van der Waals surface area contributed by atoms with Crippen LogP contribution in [0.4, 0.5) is 11.4 Å². The van der Waals surface area contributed by atoms with Crippen LogP contribution in [0.15, 0.2) is 42.5 Å². The summed E-state index contributed by atoms with van der Waals surface area (Å²) in [5, 5.41) is 5.87. The van der Waals surface area contributed by atoms with Gasteiger partial charge in [-0.2, -0.15) is 0 Å². The number of carbonyl (C=O) groups excluding carboxylic acids is 3. The van der Waals surface area contributed by atoms with Crippen molar-refractivity contribution in [2.75, 3.05) is 23.3 Å². The van der Waals surface area contributed by atoms with E-state index in [1.165, 1.54) is 0 Å². The zero-order chi connectivity index (χ0) is 19.4. The van der Waals surface area contributed by atoms with Crippen LogP contribution in [0.1, 0.15) is 23.2 Å². The van der Waals surface area contributed by atoms with Gasteiger partial charge in [0, 0.05) is 18.7 Å². The van der Waals surface area contributed by atoms with Crippen molar-refractivity contribution in [3.63, 3.8) is 0 Å². The summed E-state index contributed by atoms with van der Waals surface area (Å²) in [5.74, 6) is -0.802. The first-order chi connectivity index (χ1) is 13.0. The number of carbonyl (C=O) groups is 3. The maximum atomic E-state index is 12.1. The molecule has 1 saturated heterocycles. The average Bonchev–Trinajstić information content (AvgIpc) is 3.06. The third kappa shape index (κ3) is 4.59. The van der Waals surface area contributed by atoms with Gasteiger partial charge >= 0.3 is 0 Å². The second kappa shape index (κ2) is 8.41. The molecule has 1 fully saturated rings. The minimum Gasteiger partial charge on any atom is -0.343 e. The highest BCUT2D eigenvalue weighted by Crippen LogP contribution is 2.31. The maximum absolute atomic E-state index is 12.1. The fraction of sp³-hybridized carbons (Fsp3) is 0.211. The highest BCUT2D eigenvalue weighted by molar-refractivity contribution is 6.34. The largest absolute Gasteiger partial charge is 0.343 e. The number of nitrogens with zero attached hydrogens (tertiary/aromatic N) is 1. The third-order valence-corrected chi connectivity index (χ3v) is 4.76. The average molecular weight is 406 g/mol. The first-order valence-electron chi connectivity index (χ1n) is 8.38. The van der Waals surface area contributed by atoms with Gasteiger partial charge in [0.15, 0.2) is 0 Å². The Morgan fingerprint density at radius 2 is 1.85 bits per heavy atom. The predicted octanol–water partition coefficient (Wildman–Crippen LogP) is 3.49. The van der Waals surface area contributed by atoms with E-state index >= 15 is 0 Å². The Balaban J connectivity index is 1.58. The van der Waals surface area contributed by atoms with Gasteiger partial charge in [0.25, 0.3) is 5.91 Å². The second-order valence-corrected chi connectivity index (χ2v) is 6.84. The maximum Gasteiger partial charge on any atom is 0.253 e. The molecule has 0 bridgehead atoms. The van der Waals surface area contributed by atoms with Crippen LogP contribution in [0.25, 0.3) is 0 Å². The Hall–Kier alpha value is -2.57. The standard InChI is InChI=1S/C19H17Cl2N3O3/c20-14-5-2-1-4-13(14)19(27)22-11-17(25)23-12-7-8-16(15(21)10-12)24-9-3-6-18(24)26/h1-2,4-5,7-8,10H,3,6,9,11H2,(H,22,27)(H,23,25). The lowest BCUT2D eigenvalue weighted by molar-refractivity contribution is -0.117. The molecule has 0 saturated carbocycles. The zero-order valence-electron chi connectivity index (χ0n) is 14.3. The molecule has 0 radical (unpaired) electrons. The molecule has 27 heavy (non-hydrogen) atoms. The van der Waals surface area contributed by atoms with Gasteiger partial charge in [0.05, 0.1) is 27.8 Å². The number of anilines is 2. The van der Waals surface area contributed by atoms with Crippen molar-refractivity contribution in [3.05, 3.63) is 58.1 Å². The van der Waals surface area contributed by atoms with Gasteiger partial charge in [-0.15, -0.1) is 0 Å². The van der Waals surface area contributed by atoms with E-state index in [2.05, 4.69) is 10.6 Å². The molecule has 0 unspecified atom stereocenters. The van der Waals surface area contributed by atoms with Crippen molar-refractivity contribution < 1.29 is 14.4 Å². The van der Waals surface area contributed by atoms with Crippen molar-refractivity contribution in [3.8, 4) is 0 Å². The number of rotatable bonds is 5. The molecule has 140 valence electrons. The molecule has 6 nitrogen and oxygen atoms in total. The van der Waals surface area contributed by atoms with E-state index in [-0.39, 0.29) is 12.5 Å². The molecule has 0 aliphatic carbocycles. The third-order valence-electron chi connectivity index (χ3n) is 4.12. The van der Waals surface area contributed by atoms with Gasteiger partial charge in [-0.3, -0.25) is 14.4 Å². The topological polar surface area (TPSA) is 78.5 Å². The smallest absolute Gasteiger partial charge is 0.253 e. The fourth-order valence-corrected chi connectivity index (χ4v) is 3.32. The van der Waals surface area contributed by atoms with Gasteiger partial charge in [0.2, 0.25) is 11.8 Å². The van der Waals surface area contributed by atoms with E-state index in [0.717, 1.165) is 6.42 Å². The lowest BCUT2D eigenvalue weighted by Crippen LogP contribution is -2.33. The van der Waals surface area contributed by atoms with Crippen LogP contribution in [-0.2, 0) is 9.59 Å². The molecule has 2 aromatic rings. The Labute approximate surface area is 166 Å². The van der Waals surface area contributed by atoms with Crippen molar-refractivity contribution in [2.24, 2.45) is 0 Å². The second-order valence-electron chi connectivity index (χ2n) is 6.03. The Bertz CT molecular complexity index is 902. The summed E-state index contributed by atoms with van der Waals surface area (Å²) in [5.41, 5.74) is 1.41. The number of nitrogens with one attached hydrogen (secondary N) is 2. The molecule has 0 aromatic heterocycles. The molecule has 1 aliphatic rings. The van der Waals surface area contributed by atoms with E-state index in [1.54, 1.807) is 47.4 Å². The molecule has 1 aliphatic heterocycles. The zero-order valence-corrected chi connectivity index (χ0v) is 15.8. The van der Waals surface area contributed by atoms with Crippen LogP contribution in [0.2, 0.25) is 10.0 Å². The van der Waals surface area contributed by atoms with E-state index in [0.29, 0.717) is 39.9 Å². The fourth-order valence-electron chi connectivity index (χ4n) is 2.81. The number of benzene rings is 2. The van der Waals surface area contributed by atoms with Crippen LogP contribution in [-0.4, -0.2) is 30.8 Å². The minimum atomic E-state index is -0.434. The molecule has 8 heteroatoms. The molecular formula is C19H17Cl2N3O3. The van der Waals surface area contributed by atoms with Crippen LogP contribution in [0.3, 0.4) is 0 Å². The Morgan fingerprint density at radius 3 is 2.52 bits per heavy atom. The lowest BCUT2D eigenvalue weighted by atomic mass is 10.2. The summed E-state index contributed by atoms with van der Waals surface area (Å²) in [4.78, 5) is 37.6. The van der Waals surface area contributed by atoms with Crippen molar-refractivity contribution in [1.82, 2.24) is 5.32 Å². The van der Waals surface area contributed by atoms with Crippen LogP contribution in [0, 0.1) is 0 Å². The summed E-state index contributed by atoms with van der Waals surface area (Å²) in [7, 11) is 0. The molecule has 3 rings (SSSR count). The molecule has 2 N–H and O–H groups in total. The highest BCUT2D eigenvalue weighted by Gasteiger charge is 2.23. The summed E-state index contributed by atoms with van der Waals surface area (Å²) in [6.07, 6.45) is 1.32. The van der Waals surface area contributed by atoms with Gasteiger partial charge in [-0.25, -0.2) is 0 Å². The molecule has 0 spiro atoms. The first kappa shape index (κ1) is 19.2. The molecule has 0 atom stereocenters. The van der Waals surface area contributed by atoms with E-state index in [9.17, 15) is 14.4 Å². The normalized spacial score (nSPS) is 13.6. The summed E-state index contributed by atoms with van der Waals surface area (Å²) < 4.78 is 0. The minimum absolute atomic E-state index is 0.0379. The number of hydrogen-bond acceptors (Lipinski definition) is 3. The first-order valence-corrected chi connectivity index (χ1v) is 9.14. The van der Waals surface area contributed by atoms with E-state index in [1.807, 2.05) is 0 Å². The van der Waals surface area contributed by atoms with Crippen LogP contribution >= 0.6 is 23.2 Å². The van der Waals surface area contributed by atoms with Gasteiger partial charge in [-0.05, 0) is 36.8 Å². The van der Waals surface area contributed by atoms with E-state index in [4.69, 9.17) is 23.2 Å². The van der Waals surface area contributed by atoms with Crippen LogP contribution in [0.5, 0.6) is 0 Å². The van der Waals surface area contributed by atoms with Crippen molar-refractivity contribution in [2.45, 2.75) is 12.8 Å². The number of amides is 3. The molecule has 1 heterocycles. The molecular weight excluding hydrogens is 389 g/mol. The number of halogens is 2. The van der Waals surface area contributed by atoms with Gasteiger partial charge in [0.1, 0.15) is 0 Å². The molecule has 3 amide bonds. The Morgan fingerprint density at radius 1 is 1.07 bits per heavy atom. The highest BCUT2D eigenvalue weighted by atomic mass is 35.5. The summed E-state index contributed by atoms with van der Waals surface area (Å²) in [6, 6.07) is 11.5. The predicted molar refractivity (Wildman–Crippen MR) is 105 cm³/mol. The van der Waals surface area contributed by atoms with Crippen molar-refractivity contribution >= 4 is 52.3 Å². The van der Waals surface area contributed by atoms with Crippen LogP contribution < -0.4 is 15.5 Å². The quantitative estimate of drug-likeness (QED) is 0.798. The van der Waals surface area contributed by atoms with Crippen molar-refractivity contribution in [1.29, 1.82) is 0 Å². The lowest BCUT2D eigenvalue weighted by Gasteiger charge is -2.18. The number of hydrogen-bond donors (Lipinski definition) is 2. The SMILES string of the molecule is O=C(CNC(=O)c1ccccc1Cl)Nc1ccc(N2CCCC2=O)c(Cl)c1. The van der Waals surface area contributed by atoms with E-state index < -0.39 is 11.8 Å². The van der Waals surface area contributed by atoms with Gasteiger partial charge in [-0.1, -0.05) is 35.3 Å². The molecule has 2 aromatic carbocycles. The Kier molecular flexibility index (Phi) is 5.98. The van der Waals surface area contributed by atoms with Gasteiger partial charge < -0.3 is 15.5 Å². The summed E-state index contributed by atoms with van der Waals surface area (Å²) >= 11 is 12.2. The summed E-state index contributed by atoms with van der Waals surface area (Å²) in [6.45, 7) is 0.423.